The van der Waals surface area contributed by atoms with Crippen molar-refractivity contribution in [2.75, 3.05) is 32.6 Å². The Kier molecular flexibility index (Phi) is 11.5. The van der Waals surface area contributed by atoms with Crippen LogP contribution in [0, 0.1) is 0 Å². The smallest absolute Gasteiger partial charge is 0.241 e. The number of nitrogens with one attached hydrogen (secondary N) is 2. The van der Waals surface area contributed by atoms with E-state index in [0.717, 1.165) is 5.56 Å². The minimum atomic E-state index is -3.01. The molecule has 9 heteroatoms. The van der Waals surface area contributed by atoms with Crippen LogP contribution in [0.2, 0.25) is 0 Å². The van der Waals surface area contributed by atoms with Gasteiger partial charge in [-0.25, -0.2) is 13.4 Å². The van der Waals surface area contributed by atoms with E-state index < -0.39 is 9.84 Å². The Morgan fingerprint density at radius 3 is 2.38 bits per heavy atom. The molecule has 0 spiro atoms. The highest BCUT2D eigenvalue weighted by molar-refractivity contribution is 14.0. The first-order valence-electron chi connectivity index (χ1n) is 8.14. The molecule has 1 aromatic rings. The van der Waals surface area contributed by atoms with E-state index in [2.05, 4.69) is 15.6 Å². The van der Waals surface area contributed by atoms with Crippen molar-refractivity contribution in [1.29, 1.82) is 0 Å². The molecule has 148 valence electrons. The predicted octanol–water partition coefficient (Wildman–Crippen LogP) is 1.25. The first kappa shape index (κ1) is 24.6. The third-order valence-corrected chi connectivity index (χ3v) is 4.45. The number of sulfone groups is 1. The number of benzene rings is 1. The average Bonchev–Trinajstić information content (AvgIpc) is 2.55. The molecule has 0 saturated carbocycles. The van der Waals surface area contributed by atoms with E-state index in [1.165, 1.54) is 11.2 Å². The van der Waals surface area contributed by atoms with Gasteiger partial charge < -0.3 is 15.5 Å². The van der Waals surface area contributed by atoms with Crippen molar-refractivity contribution >= 4 is 45.7 Å². The quantitative estimate of drug-likeness (QED) is 0.321. The molecule has 26 heavy (non-hydrogen) atoms. The zero-order valence-corrected chi connectivity index (χ0v) is 18.9. The van der Waals surface area contributed by atoms with Crippen molar-refractivity contribution in [1.82, 2.24) is 15.5 Å². The fraction of sp³-hybridized carbons (Fsp3) is 0.529. The Hall–Kier alpha value is -1.36. The molecule has 1 aromatic carbocycles. The minimum Gasteiger partial charge on any atom is -0.354 e. The first-order chi connectivity index (χ1) is 11.7. The van der Waals surface area contributed by atoms with Gasteiger partial charge in [0.2, 0.25) is 5.91 Å². The number of hydrogen-bond acceptors (Lipinski definition) is 4. The van der Waals surface area contributed by atoms with Crippen molar-refractivity contribution in [3.63, 3.8) is 0 Å². The van der Waals surface area contributed by atoms with Crippen LogP contribution in [0.15, 0.2) is 35.3 Å². The molecule has 1 amide bonds. The number of nitrogens with zero attached hydrogens (tertiary/aromatic N) is 2. The molecule has 0 heterocycles. The fourth-order valence-corrected chi connectivity index (χ4v) is 2.70. The van der Waals surface area contributed by atoms with Crippen LogP contribution in [0.3, 0.4) is 0 Å². The predicted molar refractivity (Wildman–Crippen MR) is 117 cm³/mol. The molecule has 7 nitrogen and oxygen atoms in total. The Balaban J connectivity index is 0.00000625. The number of carbonyl (C=O) groups is 1. The summed E-state index contributed by atoms with van der Waals surface area (Å²) >= 11 is 0. The van der Waals surface area contributed by atoms with E-state index in [1.54, 1.807) is 14.1 Å². The van der Waals surface area contributed by atoms with Gasteiger partial charge in [0.15, 0.2) is 5.96 Å². The number of carbonyl (C=O) groups excluding carboxylic acids is 1. The highest BCUT2D eigenvalue weighted by atomic mass is 127. The SMILES string of the molecule is CC(CCS(C)(=O)=O)NC(=NCc1ccccc1)NCC(=O)N(C)C.I. The number of aliphatic imine (C=N–C) groups is 1. The maximum absolute atomic E-state index is 11.8. The van der Waals surface area contributed by atoms with Gasteiger partial charge in [0.25, 0.3) is 0 Å². The highest BCUT2D eigenvalue weighted by Crippen LogP contribution is 2.01. The molecular weight excluding hydrogens is 467 g/mol. The van der Waals surface area contributed by atoms with Crippen molar-refractivity contribution in [3.05, 3.63) is 35.9 Å². The zero-order chi connectivity index (χ0) is 18.9. The monoisotopic (exact) mass is 496 g/mol. The molecule has 0 saturated heterocycles. The summed E-state index contributed by atoms with van der Waals surface area (Å²) in [6.07, 6.45) is 1.69. The zero-order valence-electron chi connectivity index (χ0n) is 15.7. The van der Waals surface area contributed by atoms with E-state index in [4.69, 9.17) is 0 Å². The van der Waals surface area contributed by atoms with Crippen LogP contribution >= 0.6 is 24.0 Å². The van der Waals surface area contributed by atoms with E-state index in [9.17, 15) is 13.2 Å². The molecular formula is C17H29IN4O3S. The molecule has 0 bridgehead atoms. The van der Waals surface area contributed by atoms with Crippen LogP contribution in [0.4, 0.5) is 0 Å². The van der Waals surface area contributed by atoms with Crippen LogP contribution in [0.1, 0.15) is 18.9 Å². The Morgan fingerprint density at radius 2 is 1.85 bits per heavy atom. The third-order valence-electron chi connectivity index (χ3n) is 3.47. The molecule has 0 aliphatic carbocycles. The fourth-order valence-electron chi connectivity index (χ4n) is 1.92. The summed E-state index contributed by atoms with van der Waals surface area (Å²) in [5.41, 5.74) is 1.05. The Labute approximate surface area is 173 Å². The van der Waals surface area contributed by atoms with Crippen molar-refractivity contribution < 1.29 is 13.2 Å². The molecule has 0 aliphatic rings. The van der Waals surface area contributed by atoms with Gasteiger partial charge >= 0.3 is 0 Å². The molecule has 0 fully saturated rings. The van der Waals surface area contributed by atoms with Crippen LogP contribution in [0.25, 0.3) is 0 Å². The summed E-state index contributed by atoms with van der Waals surface area (Å²) in [6.45, 7) is 2.47. The molecule has 1 unspecified atom stereocenters. The summed E-state index contributed by atoms with van der Waals surface area (Å²) in [7, 11) is 0.367. The van der Waals surface area contributed by atoms with Crippen LogP contribution in [-0.2, 0) is 21.2 Å². The van der Waals surface area contributed by atoms with Crippen LogP contribution in [0.5, 0.6) is 0 Å². The van der Waals surface area contributed by atoms with E-state index >= 15 is 0 Å². The maximum atomic E-state index is 11.8. The second-order valence-corrected chi connectivity index (χ2v) is 8.52. The summed E-state index contributed by atoms with van der Waals surface area (Å²) < 4.78 is 22.6. The molecule has 1 atom stereocenters. The Morgan fingerprint density at radius 1 is 1.23 bits per heavy atom. The number of halogens is 1. The third kappa shape index (κ3) is 11.3. The Bertz CT molecular complexity index is 679. The van der Waals surface area contributed by atoms with Crippen molar-refractivity contribution in [3.8, 4) is 0 Å². The van der Waals surface area contributed by atoms with Gasteiger partial charge in [0.05, 0.1) is 18.8 Å². The number of rotatable bonds is 8. The lowest BCUT2D eigenvalue weighted by Crippen LogP contribution is -2.46. The number of hydrogen-bond donors (Lipinski definition) is 2. The first-order valence-corrected chi connectivity index (χ1v) is 10.2. The molecule has 1 rings (SSSR count). The largest absolute Gasteiger partial charge is 0.354 e. The lowest BCUT2D eigenvalue weighted by molar-refractivity contribution is -0.127. The topological polar surface area (TPSA) is 90.9 Å². The second kappa shape index (κ2) is 12.1. The average molecular weight is 496 g/mol. The maximum Gasteiger partial charge on any atom is 0.241 e. The molecule has 2 N–H and O–H groups in total. The second-order valence-electron chi connectivity index (χ2n) is 6.26. The van der Waals surface area contributed by atoms with Gasteiger partial charge in [-0.3, -0.25) is 4.79 Å². The number of likely N-dealkylation sites (N-methyl/N-ethyl adjacent to an activating group) is 1. The highest BCUT2D eigenvalue weighted by Gasteiger charge is 2.11. The van der Waals surface area contributed by atoms with Gasteiger partial charge in [-0.05, 0) is 18.9 Å². The van der Waals surface area contributed by atoms with E-state index in [-0.39, 0.29) is 48.2 Å². The normalized spacial score (nSPS) is 12.7. The summed E-state index contributed by atoms with van der Waals surface area (Å²) in [6, 6.07) is 9.67. The summed E-state index contributed by atoms with van der Waals surface area (Å²) in [4.78, 5) is 17.7. The van der Waals surface area contributed by atoms with E-state index in [0.29, 0.717) is 18.9 Å². The van der Waals surface area contributed by atoms with Crippen molar-refractivity contribution in [2.45, 2.75) is 25.9 Å². The van der Waals surface area contributed by atoms with E-state index in [1.807, 2.05) is 37.3 Å². The van der Waals surface area contributed by atoms with Gasteiger partial charge in [-0.1, -0.05) is 30.3 Å². The minimum absolute atomic E-state index is 0. The van der Waals surface area contributed by atoms with Gasteiger partial charge in [0, 0.05) is 26.4 Å². The van der Waals surface area contributed by atoms with Crippen LogP contribution in [-0.4, -0.2) is 63.9 Å². The van der Waals surface area contributed by atoms with Gasteiger partial charge in [-0.15, -0.1) is 24.0 Å². The van der Waals surface area contributed by atoms with Gasteiger partial charge in [0.1, 0.15) is 9.84 Å². The lowest BCUT2D eigenvalue weighted by atomic mass is 10.2. The molecule has 0 aromatic heterocycles. The molecule has 0 radical (unpaired) electrons. The number of guanidine groups is 1. The number of amides is 1. The summed E-state index contributed by atoms with van der Waals surface area (Å²) in [5.74, 6) is 0.516. The standard InChI is InChI=1S/C17H28N4O3S.HI/c1-14(10-11-25(4,23)24)20-17(19-13-16(22)21(2)3)18-12-15-8-6-5-7-9-15;/h5-9,14H,10-13H2,1-4H3,(H2,18,19,20);1H. The van der Waals surface area contributed by atoms with Crippen molar-refractivity contribution in [2.24, 2.45) is 4.99 Å². The van der Waals surface area contributed by atoms with Crippen LogP contribution < -0.4 is 10.6 Å². The summed E-state index contributed by atoms with van der Waals surface area (Å²) in [5, 5.41) is 6.16. The van der Waals surface area contributed by atoms with Gasteiger partial charge in [-0.2, -0.15) is 0 Å². The molecule has 0 aliphatic heterocycles. The lowest BCUT2D eigenvalue weighted by Gasteiger charge is -2.19.